The summed E-state index contributed by atoms with van der Waals surface area (Å²) in [5, 5.41) is 7.58. The molecule has 4 heteroatoms. The molecule has 0 radical (unpaired) electrons. The first-order valence-electron chi connectivity index (χ1n) is 6.57. The van der Waals surface area contributed by atoms with Crippen LogP contribution in [0.15, 0.2) is 4.52 Å². The molecular weight excluding hydrogens is 214 g/mol. The summed E-state index contributed by atoms with van der Waals surface area (Å²) in [5.74, 6) is 2.38. The van der Waals surface area contributed by atoms with Gasteiger partial charge in [0.05, 0.1) is 0 Å². The minimum atomic E-state index is -0.0327. The molecule has 1 N–H and O–H groups in total. The fraction of sp³-hybridized carbons (Fsp3) is 0.846. The van der Waals surface area contributed by atoms with Gasteiger partial charge in [-0.25, -0.2) is 0 Å². The Balaban J connectivity index is 1.99. The molecule has 1 aromatic heterocycles. The molecule has 0 bridgehead atoms. The zero-order chi connectivity index (χ0) is 12.5. The minimum Gasteiger partial charge on any atom is -0.339 e. The van der Waals surface area contributed by atoms with Crippen LogP contribution in [0.1, 0.15) is 52.3 Å². The number of hydrogen-bond donors (Lipinski definition) is 1. The van der Waals surface area contributed by atoms with Crippen molar-refractivity contribution in [2.24, 2.45) is 5.92 Å². The smallest absolute Gasteiger partial charge is 0.228 e. The maximum Gasteiger partial charge on any atom is 0.228 e. The van der Waals surface area contributed by atoms with Crippen LogP contribution >= 0.6 is 0 Å². The summed E-state index contributed by atoms with van der Waals surface area (Å²) in [6.07, 6.45) is 3.53. The van der Waals surface area contributed by atoms with Gasteiger partial charge in [0.1, 0.15) is 0 Å². The Morgan fingerprint density at radius 1 is 1.41 bits per heavy atom. The summed E-state index contributed by atoms with van der Waals surface area (Å²) in [5.41, 5.74) is -0.0327. The van der Waals surface area contributed by atoms with E-state index in [0.29, 0.717) is 6.04 Å². The van der Waals surface area contributed by atoms with Crippen LogP contribution in [0.25, 0.3) is 0 Å². The average molecular weight is 237 g/mol. The molecule has 0 amide bonds. The third kappa shape index (κ3) is 3.28. The highest BCUT2D eigenvalue weighted by Crippen LogP contribution is 2.34. The van der Waals surface area contributed by atoms with Crippen molar-refractivity contribution >= 4 is 0 Å². The minimum absolute atomic E-state index is 0.0327. The molecule has 1 aliphatic carbocycles. The van der Waals surface area contributed by atoms with Gasteiger partial charge in [0.25, 0.3) is 0 Å². The van der Waals surface area contributed by atoms with Gasteiger partial charge in [-0.2, -0.15) is 4.98 Å². The lowest BCUT2D eigenvalue weighted by molar-refractivity contribution is 0.339. The number of nitrogens with one attached hydrogen (secondary N) is 1. The van der Waals surface area contributed by atoms with Crippen LogP contribution in [0.4, 0.5) is 0 Å². The van der Waals surface area contributed by atoms with E-state index >= 15 is 0 Å². The molecule has 1 atom stereocenters. The molecule has 4 nitrogen and oxygen atoms in total. The third-order valence-corrected chi connectivity index (χ3v) is 3.19. The molecule has 1 aromatic rings. The maximum atomic E-state index is 5.34. The van der Waals surface area contributed by atoms with Gasteiger partial charge in [-0.1, -0.05) is 32.9 Å². The van der Waals surface area contributed by atoms with Crippen LogP contribution in [-0.4, -0.2) is 22.7 Å². The number of likely N-dealkylation sites (N-methyl/N-ethyl adjacent to an activating group) is 1. The van der Waals surface area contributed by atoms with E-state index in [4.69, 9.17) is 4.52 Å². The Hall–Kier alpha value is -0.900. The van der Waals surface area contributed by atoms with Gasteiger partial charge in [-0.05, 0) is 25.3 Å². The summed E-state index contributed by atoms with van der Waals surface area (Å²) >= 11 is 0. The normalized spacial score (nSPS) is 18.4. The van der Waals surface area contributed by atoms with Gasteiger partial charge >= 0.3 is 0 Å². The highest BCUT2D eigenvalue weighted by Gasteiger charge is 2.32. The second-order valence-electron chi connectivity index (χ2n) is 5.97. The lowest BCUT2D eigenvalue weighted by atomic mass is 9.96. The van der Waals surface area contributed by atoms with E-state index in [1.807, 2.05) is 0 Å². The lowest BCUT2D eigenvalue weighted by Crippen LogP contribution is -2.33. The van der Waals surface area contributed by atoms with E-state index in [1.165, 1.54) is 12.8 Å². The lowest BCUT2D eigenvalue weighted by Gasteiger charge is -2.14. The van der Waals surface area contributed by atoms with Crippen LogP contribution in [0, 0.1) is 5.92 Å². The molecule has 2 rings (SSSR count). The van der Waals surface area contributed by atoms with Crippen molar-refractivity contribution in [2.45, 2.75) is 58.4 Å². The fourth-order valence-corrected chi connectivity index (χ4v) is 2.00. The molecule has 0 aliphatic heterocycles. The Morgan fingerprint density at radius 3 is 2.59 bits per heavy atom. The van der Waals surface area contributed by atoms with Gasteiger partial charge in [0.2, 0.25) is 5.89 Å². The Labute approximate surface area is 103 Å². The predicted octanol–water partition coefficient (Wildman–Crippen LogP) is 2.30. The first-order chi connectivity index (χ1) is 8.00. The van der Waals surface area contributed by atoms with E-state index in [9.17, 15) is 0 Å². The molecule has 0 spiro atoms. The molecule has 0 aromatic carbocycles. The molecule has 96 valence electrons. The zero-order valence-corrected chi connectivity index (χ0v) is 11.3. The van der Waals surface area contributed by atoms with Crippen LogP contribution < -0.4 is 5.32 Å². The Morgan fingerprint density at radius 2 is 2.12 bits per heavy atom. The molecular formula is C13H23N3O. The number of aromatic nitrogens is 2. The van der Waals surface area contributed by atoms with Crippen molar-refractivity contribution in [3.05, 3.63) is 11.7 Å². The van der Waals surface area contributed by atoms with Crippen molar-refractivity contribution in [2.75, 3.05) is 6.54 Å². The average Bonchev–Trinajstić information content (AvgIpc) is 2.96. The van der Waals surface area contributed by atoms with Gasteiger partial charge in [0, 0.05) is 17.9 Å². The standard InChI is InChI=1S/C13H23N3O/c1-5-14-10(9-6-7-9)8-11-15-12(16-17-11)13(2,3)4/h9-10,14H,5-8H2,1-4H3. The van der Waals surface area contributed by atoms with Crippen molar-refractivity contribution in [3.8, 4) is 0 Å². The maximum absolute atomic E-state index is 5.34. The summed E-state index contributed by atoms with van der Waals surface area (Å²) in [4.78, 5) is 4.50. The molecule has 1 heterocycles. The molecule has 17 heavy (non-hydrogen) atoms. The number of hydrogen-bond acceptors (Lipinski definition) is 4. The Kier molecular flexibility index (Phi) is 3.52. The monoisotopic (exact) mass is 237 g/mol. The second-order valence-corrected chi connectivity index (χ2v) is 5.97. The van der Waals surface area contributed by atoms with E-state index in [2.05, 4.69) is 43.2 Å². The van der Waals surface area contributed by atoms with Crippen molar-refractivity contribution < 1.29 is 4.52 Å². The van der Waals surface area contributed by atoms with Crippen molar-refractivity contribution in [1.29, 1.82) is 0 Å². The summed E-state index contributed by atoms with van der Waals surface area (Å²) < 4.78 is 5.34. The molecule has 0 saturated heterocycles. The molecule has 1 fully saturated rings. The summed E-state index contributed by atoms with van der Waals surface area (Å²) in [7, 11) is 0. The van der Waals surface area contributed by atoms with Crippen molar-refractivity contribution in [3.63, 3.8) is 0 Å². The van der Waals surface area contributed by atoms with Crippen LogP contribution in [0.2, 0.25) is 0 Å². The summed E-state index contributed by atoms with van der Waals surface area (Å²) in [6, 6.07) is 0.508. The number of rotatable bonds is 5. The van der Waals surface area contributed by atoms with Crippen LogP contribution in [0.3, 0.4) is 0 Å². The quantitative estimate of drug-likeness (QED) is 0.853. The van der Waals surface area contributed by atoms with E-state index in [0.717, 1.165) is 30.6 Å². The van der Waals surface area contributed by atoms with Gasteiger partial charge in [-0.15, -0.1) is 0 Å². The van der Waals surface area contributed by atoms with Gasteiger partial charge < -0.3 is 9.84 Å². The van der Waals surface area contributed by atoms with Crippen LogP contribution in [0.5, 0.6) is 0 Å². The predicted molar refractivity (Wildman–Crippen MR) is 66.9 cm³/mol. The summed E-state index contributed by atoms with van der Waals surface area (Å²) in [6.45, 7) is 9.45. The van der Waals surface area contributed by atoms with E-state index in [-0.39, 0.29) is 5.41 Å². The SMILES string of the molecule is CCNC(Cc1nc(C(C)(C)C)no1)C1CC1. The molecule has 1 aliphatic rings. The van der Waals surface area contributed by atoms with Gasteiger partial charge in [0.15, 0.2) is 5.82 Å². The highest BCUT2D eigenvalue weighted by molar-refractivity contribution is 5.02. The Bertz CT molecular complexity index is 363. The second kappa shape index (κ2) is 4.77. The zero-order valence-electron chi connectivity index (χ0n) is 11.3. The topological polar surface area (TPSA) is 51.0 Å². The highest BCUT2D eigenvalue weighted by atomic mass is 16.5. The first kappa shape index (κ1) is 12.6. The van der Waals surface area contributed by atoms with E-state index < -0.39 is 0 Å². The number of nitrogens with zero attached hydrogens (tertiary/aromatic N) is 2. The largest absolute Gasteiger partial charge is 0.339 e. The molecule has 1 unspecified atom stereocenters. The first-order valence-corrected chi connectivity index (χ1v) is 6.57. The van der Waals surface area contributed by atoms with Gasteiger partial charge in [-0.3, -0.25) is 0 Å². The van der Waals surface area contributed by atoms with E-state index in [1.54, 1.807) is 0 Å². The fourth-order valence-electron chi connectivity index (χ4n) is 2.00. The van der Waals surface area contributed by atoms with Crippen LogP contribution in [-0.2, 0) is 11.8 Å². The molecule has 1 saturated carbocycles. The third-order valence-electron chi connectivity index (χ3n) is 3.19. The van der Waals surface area contributed by atoms with Crippen molar-refractivity contribution in [1.82, 2.24) is 15.5 Å².